The zero-order valence-electron chi connectivity index (χ0n) is 25.3. The van der Waals surface area contributed by atoms with E-state index in [-0.39, 0.29) is 34.2 Å². The third-order valence-corrected chi connectivity index (χ3v) is 18.5. The topological polar surface area (TPSA) is 119 Å². The van der Waals surface area contributed by atoms with Gasteiger partial charge in [0.05, 0.1) is 18.9 Å². The minimum Gasteiger partial charge on any atom is -0.414 e. The van der Waals surface area contributed by atoms with Crippen LogP contribution in [0.1, 0.15) is 68.5 Å². The highest BCUT2D eigenvalue weighted by atomic mass is 32.2. The lowest BCUT2D eigenvalue weighted by Gasteiger charge is -2.51. The Hall–Kier alpha value is -1.40. The third-order valence-electron chi connectivity index (χ3n) is 7.92. The van der Waals surface area contributed by atoms with E-state index in [1.165, 1.54) is 13.3 Å². The van der Waals surface area contributed by atoms with Crippen LogP contribution in [0.5, 0.6) is 0 Å². The fourth-order valence-electron chi connectivity index (χ4n) is 5.97. The van der Waals surface area contributed by atoms with Crippen LogP contribution in [0.3, 0.4) is 0 Å². The van der Waals surface area contributed by atoms with Crippen molar-refractivity contribution in [1.82, 2.24) is 19.5 Å². The SMILES string of the molecule is CSCO[C@@H]1[C@@H]2O[Si](C(C)C)(C(C)C)O[Si](C(C)C)(C(C)C)OC[C@H]2O[C@H]1n1cnc2c(NC(C)=O)ncnc21. The number of imidazole rings is 1. The summed E-state index contributed by atoms with van der Waals surface area (Å²) in [4.78, 5) is 25.0. The largest absolute Gasteiger partial charge is 0.414 e. The number of nitrogens with one attached hydrogen (secondary N) is 1. The van der Waals surface area contributed by atoms with E-state index >= 15 is 0 Å². The normalized spacial score (nSPS) is 26.4. The molecule has 0 radical (unpaired) electrons. The van der Waals surface area contributed by atoms with Gasteiger partial charge in [-0.1, -0.05) is 55.4 Å². The van der Waals surface area contributed by atoms with Gasteiger partial charge in [0.15, 0.2) is 23.2 Å². The molecule has 0 spiro atoms. The van der Waals surface area contributed by atoms with Crippen molar-refractivity contribution in [3.63, 3.8) is 0 Å². The first kappa shape index (κ1) is 31.5. The molecule has 4 heterocycles. The number of ether oxygens (including phenoxy) is 2. The summed E-state index contributed by atoms with van der Waals surface area (Å²) in [5.41, 5.74) is 1.85. The van der Waals surface area contributed by atoms with Gasteiger partial charge in [-0.15, -0.1) is 11.8 Å². The Morgan fingerprint density at radius 2 is 1.73 bits per heavy atom. The molecule has 1 N–H and O–H groups in total. The van der Waals surface area contributed by atoms with E-state index in [1.807, 2.05) is 10.8 Å². The number of hydrogen-bond donors (Lipinski definition) is 1. The minimum atomic E-state index is -2.87. The van der Waals surface area contributed by atoms with E-state index in [4.69, 9.17) is 22.4 Å². The molecule has 1 amide bonds. The van der Waals surface area contributed by atoms with E-state index in [1.54, 1.807) is 18.1 Å². The van der Waals surface area contributed by atoms with Gasteiger partial charge >= 0.3 is 17.1 Å². The summed E-state index contributed by atoms with van der Waals surface area (Å²) < 4.78 is 36.7. The lowest BCUT2D eigenvalue weighted by atomic mass is 10.1. The Kier molecular flexibility index (Phi) is 9.82. The number of carbonyl (C=O) groups excluding carboxylic acids is 1. The zero-order valence-corrected chi connectivity index (χ0v) is 28.2. The molecule has 11 nitrogen and oxygen atoms in total. The smallest absolute Gasteiger partial charge is 0.335 e. The molecule has 2 saturated heterocycles. The van der Waals surface area contributed by atoms with Gasteiger partial charge < -0.3 is 27.8 Å². The highest BCUT2D eigenvalue weighted by Gasteiger charge is 2.62. The second kappa shape index (κ2) is 12.5. The van der Waals surface area contributed by atoms with E-state index in [9.17, 15) is 4.79 Å². The quantitative estimate of drug-likeness (QED) is 0.294. The lowest BCUT2D eigenvalue weighted by molar-refractivity contribution is -0.114. The second-order valence-corrected chi connectivity index (χ2v) is 21.5. The van der Waals surface area contributed by atoms with Gasteiger partial charge in [0.25, 0.3) is 0 Å². The number of rotatable bonds is 9. The molecule has 0 aromatic carbocycles. The molecule has 2 aromatic heterocycles. The molecule has 40 heavy (non-hydrogen) atoms. The Morgan fingerprint density at radius 3 is 2.30 bits per heavy atom. The number of hydrogen-bond acceptors (Lipinski definition) is 10. The van der Waals surface area contributed by atoms with Crippen molar-refractivity contribution < 1.29 is 27.2 Å². The number of nitrogens with zero attached hydrogens (tertiary/aromatic N) is 4. The number of thioether (sulfide) groups is 1. The van der Waals surface area contributed by atoms with Crippen LogP contribution in [0.2, 0.25) is 22.2 Å². The average Bonchev–Trinajstić information content (AvgIpc) is 3.43. The van der Waals surface area contributed by atoms with Gasteiger partial charge in [-0.25, -0.2) is 15.0 Å². The second-order valence-electron chi connectivity index (χ2n) is 11.9. The fraction of sp³-hybridized carbons (Fsp3) is 0.769. The van der Waals surface area contributed by atoms with Gasteiger partial charge in [0, 0.05) is 6.92 Å². The van der Waals surface area contributed by atoms with Crippen molar-refractivity contribution in [2.75, 3.05) is 24.1 Å². The van der Waals surface area contributed by atoms with E-state index < -0.39 is 35.6 Å². The van der Waals surface area contributed by atoms with Crippen molar-refractivity contribution in [2.24, 2.45) is 0 Å². The standard InChI is InChI=1S/C26H45N5O6SSi2/c1-15(2)39(16(3)4)34-11-20-22(36-40(37-39,17(5)6)18(7)8)23(33-14-38-10)26(35-20)31-13-29-21-24(30-19(9)32)27-12-28-25(21)31/h12-13,15-18,20,22-23,26H,11,14H2,1-10H3,(H,27,28,30,32)/t20-,22-,23-,26-/m1/s1. The Bertz CT molecular complexity index is 1170. The molecule has 2 fully saturated rings. The molecule has 2 aromatic rings. The maximum atomic E-state index is 11.8. The Balaban J connectivity index is 1.82. The van der Waals surface area contributed by atoms with Crippen LogP contribution in [0.4, 0.5) is 5.82 Å². The predicted molar refractivity (Wildman–Crippen MR) is 161 cm³/mol. The number of amides is 1. The van der Waals surface area contributed by atoms with Crippen LogP contribution in [-0.4, -0.2) is 79.7 Å². The molecular weight excluding hydrogens is 567 g/mol. The third kappa shape index (κ3) is 5.65. The van der Waals surface area contributed by atoms with Crippen molar-refractivity contribution in [3.8, 4) is 0 Å². The number of carbonyl (C=O) groups is 1. The first-order valence-electron chi connectivity index (χ1n) is 14.1. The van der Waals surface area contributed by atoms with Crippen LogP contribution < -0.4 is 5.32 Å². The molecule has 2 aliphatic rings. The van der Waals surface area contributed by atoms with Gasteiger partial charge in [0.2, 0.25) is 5.91 Å². The molecule has 224 valence electrons. The summed E-state index contributed by atoms with van der Waals surface area (Å²) in [5.74, 6) is 0.584. The maximum Gasteiger partial charge on any atom is 0.335 e. The van der Waals surface area contributed by atoms with E-state index in [0.717, 1.165) is 0 Å². The van der Waals surface area contributed by atoms with E-state index in [0.29, 0.717) is 29.5 Å². The van der Waals surface area contributed by atoms with Crippen molar-refractivity contribution in [3.05, 3.63) is 12.7 Å². The Morgan fingerprint density at radius 1 is 1.07 bits per heavy atom. The molecule has 0 bridgehead atoms. The minimum absolute atomic E-state index is 0.182. The number of anilines is 1. The maximum absolute atomic E-state index is 11.8. The first-order chi connectivity index (χ1) is 18.9. The summed E-state index contributed by atoms with van der Waals surface area (Å²) in [7, 11) is -5.58. The van der Waals surface area contributed by atoms with Gasteiger partial charge in [-0.05, 0) is 28.4 Å². The van der Waals surface area contributed by atoms with Crippen molar-refractivity contribution in [1.29, 1.82) is 0 Å². The zero-order chi connectivity index (χ0) is 29.4. The van der Waals surface area contributed by atoms with Gasteiger partial charge in [-0.3, -0.25) is 9.36 Å². The van der Waals surface area contributed by atoms with Crippen LogP contribution in [0.25, 0.3) is 11.2 Å². The summed E-state index contributed by atoms with van der Waals surface area (Å²) >= 11 is 1.59. The number of aromatic nitrogens is 4. The molecular formula is C26H45N5O6SSi2. The molecule has 0 aliphatic carbocycles. The monoisotopic (exact) mass is 611 g/mol. The van der Waals surface area contributed by atoms with Crippen molar-refractivity contribution >= 4 is 51.8 Å². The summed E-state index contributed by atoms with van der Waals surface area (Å²) in [6, 6.07) is 0. The summed E-state index contributed by atoms with van der Waals surface area (Å²) in [6.07, 6.45) is 3.26. The summed E-state index contributed by atoms with van der Waals surface area (Å²) in [6.45, 7) is 19.4. The average molecular weight is 612 g/mol. The van der Waals surface area contributed by atoms with E-state index in [2.05, 4.69) is 75.7 Å². The Labute approximate surface area is 244 Å². The highest BCUT2D eigenvalue weighted by Crippen LogP contribution is 2.49. The highest BCUT2D eigenvalue weighted by molar-refractivity contribution is 7.98. The molecule has 4 atom stereocenters. The van der Waals surface area contributed by atoms with Crippen LogP contribution in [0.15, 0.2) is 12.7 Å². The number of fused-ring (bicyclic) bond motifs is 2. The lowest BCUT2D eigenvalue weighted by Crippen LogP contribution is -2.66. The molecule has 4 rings (SSSR count). The van der Waals surface area contributed by atoms with Crippen LogP contribution in [-0.2, 0) is 27.2 Å². The van der Waals surface area contributed by atoms with Crippen molar-refractivity contribution in [2.45, 2.75) is 109 Å². The summed E-state index contributed by atoms with van der Waals surface area (Å²) in [5, 5.41) is 2.74. The predicted octanol–water partition coefficient (Wildman–Crippen LogP) is 5.34. The molecule has 0 saturated carbocycles. The van der Waals surface area contributed by atoms with Gasteiger partial charge in [-0.2, -0.15) is 0 Å². The molecule has 0 unspecified atom stereocenters. The molecule has 2 aliphatic heterocycles. The van der Waals surface area contributed by atoms with Crippen LogP contribution >= 0.6 is 11.8 Å². The van der Waals surface area contributed by atoms with Gasteiger partial charge in [0.1, 0.15) is 24.6 Å². The fourth-order valence-corrected chi connectivity index (χ4v) is 17.5. The molecule has 14 heteroatoms. The van der Waals surface area contributed by atoms with Crippen LogP contribution in [0, 0.1) is 0 Å². The first-order valence-corrected chi connectivity index (χ1v) is 19.4.